The molecule has 0 heterocycles. The predicted molar refractivity (Wildman–Crippen MR) is 142 cm³/mol. The summed E-state index contributed by atoms with van der Waals surface area (Å²) < 4.78 is 0. The van der Waals surface area contributed by atoms with Crippen LogP contribution < -0.4 is 5.32 Å². The summed E-state index contributed by atoms with van der Waals surface area (Å²) in [5, 5.41) is 3.73. The van der Waals surface area contributed by atoms with Gasteiger partial charge in [-0.05, 0) is 55.1 Å². The van der Waals surface area contributed by atoms with Crippen molar-refractivity contribution in [1.29, 1.82) is 0 Å². The third kappa shape index (κ3) is 7.86. The Bertz CT molecular complexity index is 862. The summed E-state index contributed by atoms with van der Waals surface area (Å²) in [5.74, 6) is 1.74. The average molecular weight is 430 g/mol. The van der Waals surface area contributed by atoms with Crippen molar-refractivity contribution in [2.75, 3.05) is 0 Å². The average Bonchev–Trinajstić information content (AvgIpc) is 2.77. The van der Waals surface area contributed by atoms with Crippen molar-refractivity contribution in [3.63, 3.8) is 0 Å². The van der Waals surface area contributed by atoms with E-state index in [1.807, 2.05) is 0 Å². The van der Waals surface area contributed by atoms with Gasteiger partial charge in [-0.2, -0.15) is 0 Å². The van der Waals surface area contributed by atoms with Crippen LogP contribution in [0.5, 0.6) is 0 Å². The maximum atomic E-state index is 4.60. The molecule has 1 heteroatoms. The van der Waals surface area contributed by atoms with Gasteiger partial charge < -0.3 is 5.32 Å². The minimum atomic E-state index is 0.182. The van der Waals surface area contributed by atoms with E-state index in [0.29, 0.717) is 23.7 Å². The molecule has 2 aromatic carbocycles. The second kappa shape index (κ2) is 12.5. The molecule has 0 saturated heterocycles. The van der Waals surface area contributed by atoms with Crippen molar-refractivity contribution in [2.45, 2.75) is 59.9 Å². The van der Waals surface area contributed by atoms with E-state index >= 15 is 0 Å². The first-order chi connectivity index (χ1) is 15.2. The molecule has 2 rings (SSSR count). The van der Waals surface area contributed by atoms with Gasteiger partial charge in [0, 0.05) is 11.6 Å². The van der Waals surface area contributed by atoms with Crippen molar-refractivity contribution in [3.8, 4) is 0 Å². The van der Waals surface area contributed by atoms with Gasteiger partial charge in [0.25, 0.3) is 0 Å². The van der Waals surface area contributed by atoms with E-state index in [0.717, 1.165) is 30.5 Å². The summed E-state index contributed by atoms with van der Waals surface area (Å²) >= 11 is 0. The summed E-state index contributed by atoms with van der Waals surface area (Å²) in [6.07, 6.45) is 3.07. The molecule has 0 aromatic heterocycles. The molecule has 0 spiro atoms. The number of benzene rings is 2. The minimum Gasteiger partial charge on any atom is -0.382 e. The molecule has 1 N–H and O–H groups in total. The highest BCUT2D eigenvalue weighted by Crippen LogP contribution is 2.35. The van der Waals surface area contributed by atoms with Gasteiger partial charge in [0.1, 0.15) is 0 Å². The summed E-state index contributed by atoms with van der Waals surface area (Å²) in [5.41, 5.74) is 6.26. The van der Waals surface area contributed by atoms with Crippen LogP contribution >= 0.6 is 0 Å². The lowest BCUT2D eigenvalue weighted by Crippen LogP contribution is -2.35. The van der Waals surface area contributed by atoms with Crippen LogP contribution in [-0.2, 0) is 12.8 Å². The van der Waals surface area contributed by atoms with Crippen molar-refractivity contribution >= 4 is 0 Å². The Morgan fingerprint density at radius 1 is 0.781 bits per heavy atom. The van der Waals surface area contributed by atoms with E-state index in [9.17, 15) is 0 Å². The molecule has 0 aliphatic rings. The maximum absolute atomic E-state index is 4.60. The van der Waals surface area contributed by atoms with E-state index in [4.69, 9.17) is 0 Å². The molecule has 4 unspecified atom stereocenters. The van der Waals surface area contributed by atoms with Gasteiger partial charge in [0.2, 0.25) is 0 Å². The third-order valence-corrected chi connectivity index (χ3v) is 6.61. The molecular formula is C31H43N. The van der Waals surface area contributed by atoms with Gasteiger partial charge in [0.05, 0.1) is 6.04 Å². The molecule has 0 amide bonds. The van der Waals surface area contributed by atoms with Crippen LogP contribution in [0.2, 0.25) is 0 Å². The van der Waals surface area contributed by atoms with E-state index in [-0.39, 0.29) is 6.04 Å². The smallest absolute Gasteiger partial charge is 0.0505 e. The number of allylic oxidation sites excluding steroid dienone is 2. The largest absolute Gasteiger partial charge is 0.382 e. The van der Waals surface area contributed by atoms with Gasteiger partial charge in [0.15, 0.2) is 0 Å². The van der Waals surface area contributed by atoms with Crippen LogP contribution in [0.4, 0.5) is 0 Å². The van der Waals surface area contributed by atoms with Gasteiger partial charge in [-0.25, -0.2) is 0 Å². The number of hydrogen-bond acceptors (Lipinski definition) is 1. The summed E-state index contributed by atoms with van der Waals surface area (Å²) in [6.45, 7) is 24.7. The topological polar surface area (TPSA) is 12.0 Å². The summed E-state index contributed by atoms with van der Waals surface area (Å²) in [7, 11) is 0. The molecule has 0 aliphatic carbocycles. The highest BCUT2D eigenvalue weighted by molar-refractivity contribution is 5.23. The number of hydrogen-bond donors (Lipinski definition) is 1. The molecule has 172 valence electrons. The maximum Gasteiger partial charge on any atom is 0.0505 e. The molecule has 0 saturated carbocycles. The SMILES string of the molecule is C=C(C)C(Cc1ccccc1)NC(=C)C(C)C(CC(C)C)C(=C)C(C)Cc1ccccc1. The third-order valence-electron chi connectivity index (χ3n) is 6.61. The molecular weight excluding hydrogens is 386 g/mol. The lowest BCUT2D eigenvalue weighted by molar-refractivity contribution is 0.338. The number of rotatable bonds is 13. The van der Waals surface area contributed by atoms with E-state index in [1.54, 1.807) is 0 Å². The first kappa shape index (κ1) is 25.7. The second-order valence-corrected chi connectivity index (χ2v) is 9.95. The van der Waals surface area contributed by atoms with Crippen LogP contribution in [0.25, 0.3) is 0 Å². The van der Waals surface area contributed by atoms with E-state index in [2.05, 4.69) is 120 Å². The highest BCUT2D eigenvalue weighted by Gasteiger charge is 2.27. The van der Waals surface area contributed by atoms with E-state index < -0.39 is 0 Å². The summed E-state index contributed by atoms with van der Waals surface area (Å²) in [4.78, 5) is 0. The van der Waals surface area contributed by atoms with Crippen LogP contribution in [0.1, 0.15) is 52.2 Å². The Hall–Kier alpha value is -2.54. The molecule has 4 atom stereocenters. The van der Waals surface area contributed by atoms with Crippen LogP contribution in [0, 0.1) is 23.7 Å². The van der Waals surface area contributed by atoms with Crippen molar-refractivity contribution < 1.29 is 0 Å². The van der Waals surface area contributed by atoms with Gasteiger partial charge in [-0.15, -0.1) is 0 Å². The van der Waals surface area contributed by atoms with Gasteiger partial charge in [-0.1, -0.05) is 119 Å². The Morgan fingerprint density at radius 2 is 1.28 bits per heavy atom. The monoisotopic (exact) mass is 429 g/mol. The zero-order chi connectivity index (χ0) is 23.7. The van der Waals surface area contributed by atoms with Crippen LogP contribution in [0.15, 0.2) is 97.2 Å². The second-order valence-electron chi connectivity index (χ2n) is 9.95. The Morgan fingerprint density at radius 3 is 1.75 bits per heavy atom. The van der Waals surface area contributed by atoms with Crippen LogP contribution in [-0.4, -0.2) is 6.04 Å². The number of nitrogens with one attached hydrogen (secondary N) is 1. The molecule has 0 bridgehead atoms. The first-order valence-corrected chi connectivity index (χ1v) is 12.1. The standard InChI is InChI=1S/C31H43N/c1-22(2)19-30(25(6)24(5)20-28-15-11-9-12-16-28)26(7)27(8)32-31(23(3)4)21-29-17-13-10-14-18-29/h9-18,22,24,26,30-32H,3,6,8,19-21H2,1-2,4-5,7H3. The van der Waals surface area contributed by atoms with Crippen molar-refractivity contribution in [2.24, 2.45) is 23.7 Å². The van der Waals surface area contributed by atoms with Gasteiger partial charge in [-0.3, -0.25) is 0 Å². The summed E-state index contributed by atoms with van der Waals surface area (Å²) in [6, 6.07) is 21.5. The van der Waals surface area contributed by atoms with Crippen molar-refractivity contribution in [1.82, 2.24) is 5.32 Å². The Kier molecular flexibility index (Phi) is 10.0. The quantitative estimate of drug-likeness (QED) is 0.318. The zero-order valence-corrected chi connectivity index (χ0v) is 20.9. The Balaban J connectivity index is 2.11. The van der Waals surface area contributed by atoms with Crippen molar-refractivity contribution in [3.05, 3.63) is 108 Å². The molecule has 1 nitrogen and oxygen atoms in total. The minimum absolute atomic E-state index is 0.182. The molecule has 0 aliphatic heterocycles. The fraction of sp³-hybridized carbons (Fsp3) is 0.419. The molecule has 2 aromatic rings. The molecule has 32 heavy (non-hydrogen) atoms. The molecule has 0 radical (unpaired) electrons. The zero-order valence-electron chi connectivity index (χ0n) is 20.9. The Labute approximate surface area is 197 Å². The first-order valence-electron chi connectivity index (χ1n) is 12.1. The predicted octanol–water partition coefficient (Wildman–Crippen LogP) is 8.01. The molecule has 0 fully saturated rings. The fourth-order valence-electron chi connectivity index (χ4n) is 4.45. The highest BCUT2D eigenvalue weighted by atomic mass is 14.9. The fourth-order valence-corrected chi connectivity index (χ4v) is 4.45. The lowest BCUT2D eigenvalue weighted by atomic mass is 9.75. The van der Waals surface area contributed by atoms with Crippen LogP contribution in [0.3, 0.4) is 0 Å². The lowest BCUT2D eigenvalue weighted by Gasteiger charge is -2.34. The van der Waals surface area contributed by atoms with Gasteiger partial charge >= 0.3 is 0 Å². The van der Waals surface area contributed by atoms with E-state index in [1.165, 1.54) is 16.7 Å². The normalized spacial score (nSPS) is 14.9.